The molecule has 2 fully saturated rings. The molecule has 5 heterocycles. The van der Waals surface area contributed by atoms with Crippen LogP contribution in [0, 0.1) is 11.3 Å². The van der Waals surface area contributed by atoms with Gasteiger partial charge in [-0.25, -0.2) is 23.4 Å². The van der Waals surface area contributed by atoms with E-state index >= 15 is 0 Å². The van der Waals surface area contributed by atoms with Crippen molar-refractivity contribution in [3.63, 3.8) is 0 Å². The fraction of sp³-hybridized carbons (Fsp3) is 0.593. The summed E-state index contributed by atoms with van der Waals surface area (Å²) in [6.45, 7) is 13.6. The molecule has 0 bridgehead atoms. The zero-order valence-electron chi connectivity index (χ0n) is 22.9. The van der Waals surface area contributed by atoms with Crippen molar-refractivity contribution >= 4 is 33.1 Å². The van der Waals surface area contributed by atoms with Crippen LogP contribution in [0.25, 0.3) is 0 Å². The second-order valence-corrected chi connectivity index (χ2v) is 14.2. The van der Waals surface area contributed by atoms with E-state index in [1.807, 2.05) is 19.9 Å². The minimum atomic E-state index is -3.40. The number of nitrogens with zero attached hydrogens (tertiary/aromatic N) is 7. The summed E-state index contributed by atoms with van der Waals surface area (Å²) in [6.07, 6.45) is 4.40. The molecule has 3 atom stereocenters. The predicted octanol–water partition coefficient (Wildman–Crippen LogP) is 2.74. The number of rotatable bonds is 4. The normalized spacial score (nSPS) is 27.4. The zero-order chi connectivity index (χ0) is 27.6. The summed E-state index contributed by atoms with van der Waals surface area (Å²) in [4.78, 5) is 33.3. The Hall–Kier alpha value is -3.26. The van der Waals surface area contributed by atoms with Crippen molar-refractivity contribution in [1.82, 2.24) is 19.9 Å². The number of pyridine rings is 1. The van der Waals surface area contributed by atoms with Gasteiger partial charge in [0.05, 0.1) is 17.6 Å². The molecule has 0 saturated carbocycles. The highest BCUT2D eigenvalue weighted by atomic mass is 32.2. The number of amides is 1. The van der Waals surface area contributed by atoms with Gasteiger partial charge in [0.25, 0.3) is 0 Å². The summed E-state index contributed by atoms with van der Waals surface area (Å²) in [5.74, 6) is 1.45. The monoisotopic (exact) mass is 537 g/mol. The highest BCUT2D eigenvalue weighted by molar-refractivity contribution is 7.95. The first-order valence-electron chi connectivity index (χ1n) is 13.2. The lowest BCUT2D eigenvalue weighted by Gasteiger charge is -2.49. The Morgan fingerprint density at radius 3 is 2.45 bits per heavy atom. The van der Waals surface area contributed by atoms with E-state index in [0.29, 0.717) is 38.2 Å². The highest BCUT2D eigenvalue weighted by Gasteiger charge is 2.57. The van der Waals surface area contributed by atoms with Gasteiger partial charge in [0.2, 0.25) is 5.91 Å². The van der Waals surface area contributed by atoms with Crippen LogP contribution >= 0.6 is 0 Å². The quantitative estimate of drug-likeness (QED) is 0.579. The van der Waals surface area contributed by atoms with Crippen LogP contribution in [0.15, 0.2) is 18.6 Å². The van der Waals surface area contributed by atoms with Gasteiger partial charge in [0, 0.05) is 42.7 Å². The fourth-order valence-electron chi connectivity index (χ4n) is 6.00. The zero-order valence-corrected chi connectivity index (χ0v) is 23.7. The van der Waals surface area contributed by atoms with Gasteiger partial charge >= 0.3 is 0 Å². The van der Waals surface area contributed by atoms with E-state index in [4.69, 9.17) is 4.98 Å². The molecule has 202 valence electrons. The van der Waals surface area contributed by atoms with E-state index in [9.17, 15) is 18.5 Å². The molecule has 3 aliphatic rings. The second kappa shape index (κ2) is 8.90. The number of piperazine rings is 1. The molecule has 0 spiro atoms. The van der Waals surface area contributed by atoms with Crippen LogP contribution in [-0.2, 0) is 26.5 Å². The molecule has 38 heavy (non-hydrogen) atoms. The Morgan fingerprint density at radius 2 is 1.84 bits per heavy atom. The van der Waals surface area contributed by atoms with Crippen LogP contribution in [0.3, 0.4) is 0 Å². The molecule has 2 aromatic heterocycles. The van der Waals surface area contributed by atoms with Crippen LogP contribution in [-0.4, -0.2) is 76.4 Å². The summed E-state index contributed by atoms with van der Waals surface area (Å²) in [5.41, 5.74) is 3.00. The second-order valence-electron chi connectivity index (χ2n) is 11.6. The smallest absolute Gasteiger partial charge is 0.244 e. The number of fused-ring (bicyclic) bond motifs is 1. The number of carbonyl (C=O) groups is 1. The minimum Gasteiger partial charge on any atom is -0.350 e. The first kappa shape index (κ1) is 26.4. The van der Waals surface area contributed by atoms with Gasteiger partial charge in [-0.15, -0.1) is 0 Å². The predicted molar refractivity (Wildman–Crippen MR) is 145 cm³/mol. The summed E-state index contributed by atoms with van der Waals surface area (Å²) in [6, 6.07) is 3.95. The molecule has 0 aliphatic carbocycles. The first-order valence-corrected chi connectivity index (χ1v) is 14.8. The lowest BCUT2D eigenvalue weighted by atomic mass is 9.87. The largest absolute Gasteiger partial charge is 0.350 e. The summed E-state index contributed by atoms with van der Waals surface area (Å²) in [7, 11) is -3.40. The van der Waals surface area contributed by atoms with Gasteiger partial charge in [-0.1, -0.05) is 20.8 Å². The van der Waals surface area contributed by atoms with Crippen molar-refractivity contribution in [2.75, 3.05) is 35.2 Å². The third kappa shape index (κ3) is 3.83. The molecular formula is C27H35N7O3S. The molecular weight excluding hydrogens is 502 g/mol. The molecule has 0 N–H and O–H groups in total. The molecule has 1 amide bonds. The van der Waals surface area contributed by atoms with Gasteiger partial charge < -0.3 is 14.7 Å². The Balaban J connectivity index is 1.48. The first-order chi connectivity index (χ1) is 17.8. The van der Waals surface area contributed by atoms with Crippen molar-refractivity contribution in [2.24, 2.45) is 0 Å². The lowest BCUT2D eigenvalue weighted by Crippen LogP contribution is -2.66. The number of hydrogen-bond donors (Lipinski definition) is 0. The minimum absolute atomic E-state index is 0.0614. The van der Waals surface area contributed by atoms with E-state index < -0.39 is 14.6 Å². The van der Waals surface area contributed by atoms with E-state index in [-0.39, 0.29) is 29.2 Å². The van der Waals surface area contributed by atoms with E-state index in [1.165, 1.54) is 0 Å². The van der Waals surface area contributed by atoms with Crippen molar-refractivity contribution in [2.45, 2.75) is 76.6 Å². The van der Waals surface area contributed by atoms with Gasteiger partial charge in [0.1, 0.15) is 34.5 Å². The molecule has 3 aliphatic heterocycles. The number of sulfone groups is 1. The standard InChI is InChI=1S/C27H35N7O3S/c1-7-19-10-20(12-29-21(19)11-28)34-15-26(4,5)22-23(30-16-31-24(22)34)32-13-18(3)33(14-17(32)2)25(35)27(6)8-9-38(27,36)37/h10,12,16-18H,7-9,13-15H2,1-6H3/t17-,18+,27?/m0/s1. The molecule has 1 unspecified atom stereocenters. The number of hydrogen-bond acceptors (Lipinski definition) is 9. The van der Waals surface area contributed by atoms with Crippen molar-refractivity contribution in [3.8, 4) is 6.07 Å². The Kier molecular flexibility index (Phi) is 6.17. The summed E-state index contributed by atoms with van der Waals surface area (Å²) in [5, 5.41) is 9.41. The summed E-state index contributed by atoms with van der Waals surface area (Å²) >= 11 is 0. The maximum atomic E-state index is 13.4. The topological polar surface area (TPSA) is 123 Å². The van der Waals surface area contributed by atoms with E-state index in [2.05, 4.69) is 46.6 Å². The average molecular weight is 538 g/mol. The third-order valence-corrected chi connectivity index (χ3v) is 11.0. The number of aromatic nitrogens is 3. The van der Waals surface area contributed by atoms with Crippen molar-refractivity contribution in [1.29, 1.82) is 5.26 Å². The van der Waals surface area contributed by atoms with Crippen molar-refractivity contribution < 1.29 is 13.2 Å². The summed E-state index contributed by atoms with van der Waals surface area (Å²) < 4.78 is 23.5. The van der Waals surface area contributed by atoms with Crippen LogP contribution in [0.4, 0.5) is 17.3 Å². The van der Waals surface area contributed by atoms with E-state index in [1.54, 1.807) is 24.3 Å². The number of carbonyl (C=O) groups excluding carboxylic acids is 1. The molecule has 2 saturated heterocycles. The molecule has 5 rings (SSSR count). The van der Waals surface area contributed by atoms with Crippen LogP contribution in [0.1, 0.15) is 64.8 Å². The maximum Gasteiger partial charge on any atom is 0.244 e. The third-order valence-electron chi connectivity index (χ3n) is 8.55. The molecule has 10 nitrogen and oxygen atoms in total. The van der Waals surface area contributed by atoms with Crippen molar-refractivity contribution in [3.05, 3.63) is 35.4 Å². The Morgan fingerprint density at radius 1 is 1.13 bits per heavy atom. The number of anilines is 3. The molecule has 0 radical (unpaired) electrons. The van der Waals surface area contributed by atoms with Gasteiger partial charge in [0.15, 0.2) is 9.84 Å². The highest BCUT2D eigenvalue weighted by Crippen LogP contribution is 2.47. The SMILES string of the molecule is CCc1cc(N2CC(C)(C)c3c2ncnc3N2C[C@@H](C)N(C(=O)C3(C)CCS3(=O)=O)C[C@@H]2C)cnc1C#N. The van der Waals surface area contributed by atoms with Gasteiger partial charge in [-0.3, -0.25) is 4.79 Å². The Labute approximate surface area is 224 Å². The van der Waals surface area contributed by atoms with Gasteiger partial charge in [-0.2, -0.15) is 5.26 Å². The number of aryl methyl sites for hydroxylation is 1. The molecule has 0 aromatic carbocycles. The molecule has 2 aromatic rings. The van der Waals surface area contributed by atoms with Gasteiger partial charge in [-0.05, 0) is 45.2 Å². The fourth-order valence-corrected chi connectivity index (χ4v) is 7.53. The average Bonchev–Trinajstić information content (AvgIpc) is 3.18. The molecule has 11 heteroatoms. The van der Waals surface area contributed by atoms with E-state index in [0.717, 1.165) is 28.5 Å². The van der Waals surface area contributed by atoms with Crippen LogP contribution < -0.4 is 9.80 Å². The lowest BCUT2D eigenvalue weighted by molar-refractivity contribution is -0.137. The Bertz CT molecular complexity index is 1450. The number of nitriles is 1. The van der Waals surface area contributed by atoms with Crippen LogP contribution in [0.2, 0.25) is 0 Å². The maximum absolute atomic E-state index is 13.4. The van der Waals surface area contributed by atoms with Crippen LogP contribution in [0.5, 0.6) is 0 Å².